The Kier molecular flexibility index (Phi) is 5.21. The summed E-state index contributed by atoms with van der Waals surface area (Å²) >= 11 is 1.10. The number of carbonyl (C=O) groups excluding carboxylic acids is 1. The lowest BCUT2D eigenvalue weighted by Crippen LogP contribution is -2.29. The van der Waals surface area contributed by atoms with Crippen LogP contribution < -0.4 is 15.9 Å². The smallest absolute Gasteiger partial charge is 0.304 e. The Bertz CT molecular complexity index is 385. The van der Waals surface area contributed by atoms with Gasteiger partial charge >= 0.3 is 4.87 Å². The Balaban J connectivity index is 2.32. The molecule has 90 valence electrons. The highest BCUT2D eigenvalue weighted by atomic mass is 32.1. The fraction of sp³-hybridized carbons (Fsp3) is 0.600. The van der Waals surface area contributed by atoms with Gasteiger partial charge in [0, 0.05) is 17.0 Å². The van der Waals surface area contributed by atoms with Crippen LogP contribution in [0.1, 0.15) is 25.5 Å². The van der Waals surface area contributed by atoms with Gasteiger partial charge < -0.3 is 16.0 Å². The molecule has 0 fully saturated rings. The maximum atomic E-state index is 11.6. The number of amides is 1. The van der Waals surface area contributed by atoms with Gasteiger partial charge in [-0.1, -0.05) is 18.3 Å². The third kappa shape index (κ3) is 4.16. The van der Waals surface area contributed by atoms with Gasteiger partial charge in [0.1, 0.15) is 0 Å². The van der Waals surface area contributed by atoms with E-state index in [2.05, 4.69) is 10.3 Å². The van der Waals surface area contributed by atoms with Gasteiger partial charge in [0.05, 0.1) is 6.54 Å². The lowest BCUT2D eigenvalue weighted by Gasteiger charge is -2.10. The van der Waals surface area contributed by atoms with Crippen LogP contribution in [-0.2, 0) is 11.3 Å². The third-order valence-corrected chi connectivity index (χ3v) is 3.03. The molecule has 1 amide bonds. The summed E-state index contributed by atoms with van der Waals surface area (Å²) in [5, 5.41) is 4.49. The average molecular weight is 243 g/mol. The first-order valence-corrected chi connectivity index (χ1v) is 6.16. The van der Waals surface area contributed by atoms with Crippen molar-refractivity contribution < 1.29 is 4.79 Å². The Labute approximate surface area is 98.1 Å². The number of nitrogens with one attached hydrogen (secondary N) is 2. The van der Waals surface area contributed by atoms with E-state index in [9.17, 15) is 9.59 Å². The zero-order valence-corrected chi connectivity index (χ0v) is 10.1. The summed E-state index contributed by atoms with van der Waals surface area (Å²) in [6, 6.07) is 0. The second-order valence-corrected chi connectivity index (χ2v) is 4.57. The number of aromatic nitrogens is 1. The first-order chi connectivity index (χ1) is 7.63. The number of carbonyl (C=O) groups is 1. The minimum Gasteiger partial charge on any atom is -0.350 e. The molecule has 1 atom stereocenters. The summed E-state index contributed by atoms with van der Waals surface area (Å²) in [5.41, 5.74) is 6.12. The highest BCUT2D eigenvalue weighted by Gasteiger charge is 2.11. The van der Waals surface area contributed by atoms with Gasteiger partial charge in [0.15, 0.2) is 0 Å². The predicted molar refractivity (Wildman–Crippen MR) is 64.2 cm³/mol. The molecule has 1 unspecified atom stereocenters. The molecule has 1 aromatic heterocycles. The van der Waals surface area contributed by atoms with Crippen LogP contribution in [0.3, 0.4) is 0 Å². The number of hydrogen-bond acceptors (Lipinski definition) is 4. The van der Waals surface area contributed by atoms with Crippen LogP contribution in [0, 0.1) is 5.92 Å². The van der Waals surface area contributed by atoms with Gasteiger partial charge in [-0.25, -0.2) is 0 Å². The Hall–Kier alpha value is -1.14. The second-order valence-electron chi connectivity index (χ2n) is 3.72. The largest absolute Gasteiger partial charge is 0.350 e. The van der Waals surface area contributed by atoms with Crippen molar-refractivity contribution in [3.63, 3.8) is 0 Å². The molecule has 0 aromatic carbocycles. The van der Waals surface area contributed by atoms with E-state index in [1.165, 1.54) is 0 Å². The zero-order valence-electron chi connectivity index (χ0n) is 9.29. The predicted octanol–water partition coefficient (Wildman–Crippen LogP) is 0.428. The van der Waals surface area contributed by atoms with Gasteiger partial charge in [-0.05, 0) is 19.4 Å². The van der Waals surface area contributed by atoms with Crippen molar-refractivity contribution in [1.82, 2.24) is 10.3 Å². The number of nitrogens with two attached hydrogens (primary N) is 1. The average Bonchev–Trinajstić information content (AvgIpc) is 2.68. The molecular formula is C10H17N3O2S. The number of hydrogen-bond donors (Lipinski definition) is 3. The first kappa shape index (κ1) is 12.9. The molecule has 1 aromatic rings. The number of aromatic amines is 1. The Morgan fingerprint density at radius 2 is 2.44 bits per heavy atom. The van der Waals surface area contributed by atoms with Crippen LogP contribution in [0.2, 0.25) is 0 Å². The van der Waals surface area contributed by atoms with Crippen LogP contribution in [0.25, 0.3) is 0 Å². The fourth-order valence-electron chi connectivity index (χ4n) is 1.31. The molecule has 0 aliphatic carbocycles. The van der Waals surface area contributed by atoms with Crippen molar-refractivity contribution in [3.8, 4) is 0 Å². The molecule has 4 N–H and O–H groups in total. The van der Waals surface area contributed by atoms with E-state index >= 15 is 0 Å². The molecule has 0 saturated heterocycles. The quantitative estimate of drug-likeness (QED) is 0.677. The SMILES string of the molecule is CC(CCCN)C(=O)NCc1csc(=O)[nH]1. The summed E-state index contributed by atoms with van der Waals surface area (Å²) in [5.74, 6) is -0.0330. The highest BCUT2D eigenvalue weighted by Crippen LogP contribution is 2.05. The molecule has 1 rings (SSSR count). The fourth-order valence-corrected chi connectivity index (χ4v) is 1.89. The van der Waals surface area contributed by atoms with Crippen molar-refractivity contribution in [2.75, 3.05) is 6.54 Å². The first-order valence-electron chi connectivity index (χ1n) is 5.28. The lowest BCUT2D eigenvalue weighted by molar-refractivity contribution is -0.124. The van der Waals surface area contributed by atoms with E-state index in [4.69, 9.17) is 5.73 Å². The molecule has 5 nitrogen and oxygen atoms in total. The van der Waals surface area contributed by atoms with Crippen LogP contribution in [-0.4, -0.2) is 17.4 Å². The number of thiazole rings is 1. The summed E-state index contributed by atoms with van der Waals surface area (Å²) in [4.78, 5) is 25.0. The lowest BCUT2D eigenvalue weighted by atomic mass is 10.1. The topological polar surface area (TPSA) is 88.0 Å². The molecular weight excluding hydrogens is 226 g/mol. The summed E-state index contributed by atoms with van der Waals surface area (Å²) < 4.78 is 0. The Morgan fingerprint density at radius 1 is 1.69 bits per heavy atom. The van der Waals surface area contributed by atoms with E-state index in [1.54, 1.807) is 5.38 Å². The van der Waals surface area contributed by atoms with Crippen molar-refractivity contribution in [3.05, 3.63) is 20.7 Å². The molecule has 0 saturated carbocycles. The van der Waals surface area contributed by atoms with Crippen LogP contribution >= 0.6 is 11.3 Å². The summed E-state index contributed by atoms with van der Waals surface area (Å²) in [6.07, 6.45) is 1.65. The maximum Gasteiger partial charge on any atom is 0.304 e. The highest BCUT2D eigenvalue weighted by molar-refractivity contribution is 7.07. The van der Waals surface area contributed by atoms with E-state index in [0.29, 0.717) is 13.1 Å². The normalized spacial score (nSPS) is 12.4. The monoisotopic (exact) mass is 243 g/mol. The zero-order chi connectivity index (χ0) is 12.0. The molecule has 0 spiro atoms. The second kappa shape index (κ2) is 6.44. The molecule has 0 aliphatic rings. The van der Waals surface area contributed by atoms with Crippen LogP contribution in [0.5, 0.6) is 0 Å². The minimum absolute atomic E-state index is 0.000462. The molecule has 16 heavy (non-hydrogen) atoms. The number of H-pyrrole nitrogens is 1. The van der Waals surface area contributed by atoms with Crippen molar-refractivity contribution >= 4 is 17.2 Å². The van der Waals surface area contributed by atoms with Crippen molar-refractivity contribution in [1.29, 1.82) is 0 Å². The van der Waals surface area contributed by atoms with Crippen molar-refractivity contribution in [2.45, 2.75) is 26.3 Å². The standard InChI is InChI=1S/C10H17N3O2S/c1-7(3-2-4-11)9(14)12-5-8-6-16-10(15)13-8/h6-7H,2-5,11H2,1H3,(H,12,14)(H,13,15). The maximum absolute atomic E-state index is 11.6. The molecule has 1 heterocycles. The van der Waals surface area contributed by atoms with Gasteiger partial charge in [-0.2, -0.15) is 0 Å². The van der Waals surface area contributed by atoms with Gasteiger partial charge in [0.2, 0.25) is 5.91 Å². The van der Waals surface area contributed by atoms with Gasteiger partial charge in [0.25, 0.3) is 0 Å². The molecule has 6 heteroatoms. The van der Waals surface area contributed by atoms with E-state index < -0.39 is 0 Å². The summed E-state index contributed by atoms with van der Waals surface area (Å²) in [6.45, 7) is 2.86. The number of rotatable bonds is 6. The summed E-state index contributed by atoms with van der Waals surface area (Å²) in [7, 11) is 0. The van der Waals surface area contributed by atoms with Crippen LogP contribution in [0.4, 0.5) is 0 Å². The van der Waals surface area contributed by atoms with Gasteiger partial charge in [-0.3, -0.25) is 9.59 Å². The van der Waals surface area contributed by atoms with Crippen LogP contribution in [0.15, 0.2) is 10.2 Å². The molecule has 0 radical (unpaired) electrons. The van der Waals surface area contributed by atoms with E-state index in [-0.39, 0.29) is 16.7 Å². The van der Waals surface area contributed by atoms with Gasteiger partial charge in [-0.15, -0.1) is 0 Å². The molecule has 0 aliphatic heterocycles. The van der Waals surface area contributed by atoms with E-state index in [0.717, 1.165) is 29.9 Å². The third-order valence-electron chi connectivity index (χ3n) is 2.31. The molecule has 0 bridgehead atoms. The minimum atomic E-state index is -0.0968. The van der Waals surface area contributed by atoms with E-state index in [1.807, 2.05) is 6.92 Å². The van der Waals surface area contributed by atoms with Crippen molar-refractivity contribution in [2.24, 2.45) is 11.7 Å². The Morgan fingerprint density at radius 3 is 3.00 bits per heavy atom.